The summed E-state index contributed by atoms with van der Waals surface area (Å²) in [6, 6.07) is 2.55. The molecule has 0 spiro atoms. The van der Waals surface area contributed by atoms with Crippen molar-refractivity contribution in [3.8, 4) is 5.75 Å². The van der Waals surface area contributed by atoms with Crippen molar-refractivity contribution in [1.82, 2.24) is 9.97 Å². The summed E-state index contributed by atoms with van der Waals surface area (Å²) in [4.78, 5) is 6.68. The molecule has 0 aliphatic rings. The first-order valence-corrected chi connectivity index (χ1v) is 4.92. The molecule has 0 aliphatic carbocycles. The normalized spacial score (nSPS) is 12.0. The minimum Gasteiger partial charge on any atom is -0.406 e. The van der Waals surface area contributed by atoms with Crippen LogP contribution in [0.25, 0.3) is 11.0 Å². The molecule has 0 atom stereocenters. The predicted octanol–water partition coefficient (Wildman–Crippen LogP) is 3.07. The van der Waals surface area contributed by atoms with Crippen molar-refractivity contribution in [1.29, 1.82) is 0 Å². The second-order valence-corrected chi connectivity index (χ2v) is 3.91. The van der Waals surface area contributed by atoms with Gasteiger partial charge >= 0.3 is 6.36 Å². The molecule has 0 saturated heterocycles. The molecule has 0 bridgehead atoms. The summed E-state index contributed by atoms with van der Waals surface area (Å²) >= 11 is 1.90. The van der Waals surface area contributed by atoms with Gasteiger partial charge in [-0.3, -0.25) is 0 Å². The summed E-state index contributed by atoms with van der Waals surface area (Å²) in [6.45, 7) is 0. The van der Waals surface area contributed by atoms with Crippen molar-refractivity contribution in [2.24, 2.45) is 0 Å². The van der Waals surface area contributed by atoms with Crippen LogP contribution >= 0.6 is 22.6 Å². The first kappa shape index (κ1) is 10.5. The van der Waals surface area contributed by atoms with Gasteiger partial charge in [-0.25, -0.2) is 4.98 Å². The molecule has 3 nitrogen and oxygen atoms in total. The van der Waals surface area contributed by atoms with Gasteiger partial charge in [-0.1, -0.05) is 0 Å². The number of aromatic nitrogens is 2. The van der Waals surface area contributed by atoms with E-state index >= 15 is 0 Å². The molecule has 0 unspecified atom stereocenters. The molecule has 2 rings (SSSR count). The van der Waals surface area contributed by atoms with Crippen LogP contribution in [-0.4, -0.2) is 16.3 Å². The fourth-order valence-electron chi connectivity index (χ4n) is 1.17. The third-order valence-electron chi connectivity index (χ3n) is 1.68. The summed E-state index contributed by atoms with van der Waals surface area (Å²) in [5.74, 6) is -0.247. The van der Waals surface area contributed by atoms with Crippen LogP contribution in [0.1, 0.15) is 0 Å². The van der Waals surface area contributed by atoms with E-state index in [0.29, 0.717) is 14.6 Å². The molecule has 0 aliphatic heterocycles. The fourth-order valence-corrected chi connectivity index (χ4v) is 1.91. The van der Waals surface area contributed by atoms with Crippen molar-refractivity contribution in [3.05, 3.63) is 22.0 Å². The molecule has 0 radical (unpaired) electrons. The van der Waals surface area contributed by atoms with Crippen LogP contribution < -0.4 is 4.74 Å². The van der Waals surface area contributed by atoms with E-state index in [0.717, 1.165) is 0 Å². The smallest absolute Gasteiger partial charge is 0.406 e. The lowest BCUT2D eigenvalue weighted by molar-refractivity contribution is -0.274. The Morgan fingerprint density at radius 3 is 2.73 bits per heavy atom. The Morgan fingerprint density at radius 2 is 2.07 bits per heavy atom. The lowest BCUT2D eigenvalue weighted by Gasteiger charge is -2.08. The zero-order valence-electron chi connectivity index (χ0n) is 7.10. The molecular formula is C8H4F3IN2O. The zero-order chi connectivity index (χ0) is 11.1. The number of imidazole rings is 1. The Morgan fingerprint density at radius 1 is 1.33 bits per heavy atom. The second kappa shape index (κ2) is 3.54. The standard InChI is InChI=1S/C8H4F3IN2O/c9-8(10,11)15-4-1-5(12)7-6(2-4)13-3-14-7/h1-3H,(H,13,14). The lowest BCUT2D eigenvalue weighted by Crippen LogP contribution is -2.17. The molecule has 0 amide bonds. The van der Waals surface area contributed by atoms with Crippen molar-refractivity contribution in [3.63, 3.8) is 0 Å². The second-order valence-electron chi connectivity index (χ2n) is 2.75. The fraction of sp³-hybridized carbons (Fsp3) is 0.125. The number of hydrogen-bond acceptors (Lipinski definition) is 2. The summed E-state index contributed by atoms with van der Waals surface area (Å²) in [5.41, 5.74) is 1.14. The Balaban J connectivity index is 2.45. The van der Waals surface area contributed by atoms with Gasteiger partial charge in [0.2, 0.25) is 0 Å². The van der Waals surface area contributed by atoms with Crippen LogP contribution in [0.15, 0.2) is 18.5 Å². The summed E-state index contributed by atoms with van der Waals surface area (Å²) in [5, 5.41) is 0. The minimum atomic E-state index is -4.67. The van der Waals surface area contributed by atoms with Gasteiger partial charge in [-0.2, -0.15) is 0 Å². The summed E-state index contributed by atoms with van der Waals surface area (Å²) in [6.07, 6.45) is -3.25. The van der Waals surface area contributed by atoms with Crippen LogP contribution in [0.5, 0.6) is 5.75 Å². The highest BCUT2D eigenvalue weighted by Crippen LogP contribution is 2.28. The number of benzene rings is 1. The van der Waals surface area contributed by atoms with Crippen molar-refractivity contribution in [2.75, 3.05) is 0 Å². The molecule has 2 aromatic rings. The minimum absolute atomic E-state index is 0.247. The quantitative estimate of drug-likeness (QED) is 0.817. The summed E-state index contributed by atoms with van der Waals surface area (Å²) < 4.78 is 40.3. The number of rotatable bonds is 1. The zero-order valence-corrected chi connectivity index (χ0v) is 9.26. The maximum absolute atomic E-state index is 11.9. The average molecular weight is 328 g/mol. The van der Waals surface area contributed by atoms with Crippen molar-refractivity contribution >= 4 is 33.6 Å². The number of hydrogen-bond donors (Lipinski definition) is 1. The van der Waals surface area contributed by atoms with E-state index in [4.69, 9.17) is 0 Å². The van der Waals surface area contributed by atoms with Crippen molar-refractivity contribution in [2.45, 2.75) is 6.36 Å². The maximum atomic E-state index is 11.9. The number of nitrogens with zero attached hydrogens (tertiary/aromatic N) is 1. The molecule has 0 fully saturated rings. The SMILES string of the molecule is FC(F)(F)Oc1cc(I)c2nc[nH]c2c1. The van der Waals surface area contributed by atoms with Gasteiger partial charge in [0, 0.05) is 9.64 Å². The molecule has 15 heavy (non-hydrogen) atoms. The van der Waals surface area contributed by atoms with E-state index < -0.39 is 6.36 Å². The Kier molecular flexibility index (Phi) is 2.49. The average Bonchev–Trinajstić information content (AvgIpc) is 2.48. The number of alkyl halides is 3. The first-order chi connectivity index (χ1) is 6.96. The molecule has 7 heteroatoms. The van der Waals surface area contributed by atoms with Crippen LogP contribution in [0.2, 0.25) is 0 Å². The topological polar surface area (TPSA) is 37.9 Å². The largest absolute Gasteiger partial charge is 0.573 e. The molecular weight excluding hydrogens is 324 g/mol. The van der Waals surface area contributed by atoms with Crippen LogP contribution in [0, 0.1) is 3.57 Å². The number of nitrogens with one attached hydrogen (secondary N) is 1. The maximum Gasteiger partial charge on any atom is 0.573 e. The molecule has 0 saturated carbocycles. The van der Waals surface area contributed by atoms with Crippen molar-refractivity contribution < 1.29 is 17.9 Å². The van der Waals surface area contributed by atoms with Gasteiger partial charge < -0.3 is 9.72 Å². The number of fused-ring (bicyclic) bond motifs is 1. The third kappa shape index (κ3) is 2.33. The Labute approximate surface area is 95.8 Å². The monoisotopic (exact) mass is 328 g/mol. The molecule has 1 N–H and O–H groups in total. The Hall–Kier alpha value is -0.990. The number of ether oxygens (including phenoxy) is 1. The van der Waals surface area contributed by atoms with E-state index in [1.807, 2.05) is 22.6 Å². The van der Waals surface area contributed by atoms with Gasteiger partial charge in [0.05, 0.1) is 11.8 Å². The van der Waals surface area contributed by atoms with E-state index in [-0.39, 0.29) is 5.75 Å². The van der Waals surface area contributed by atoms with E-state index in [1.165, 1.54) is 18.5 Å². The Bertz CT molecular complexity index is 494. The number of halogens is 4. The van der Waals surface area contributed by atoms with E-state index in [9.17, 15) is 13.2 Å². The van der Waals surface area contributed by atoms with Gasteiger partial charge in [0.1, 0.15) is 11.3 Å². The van der Waals surface area contributed by atoms with Gasteiger partial charge in [-0.05, 0) is 28.7 Å². The van der Waals surface area contributed by atoms with Gasteiger partial charge in [0.15, 0.2) is 0 Å². The lowest BCUT2D eigenvalue weighted by atomic mass is 10.3. The van der Waals surface area contributed by atoms with E-state index in [1.54, 1.807) is 0 Å². The highest BCUT2D eigenvalue weighted by Gasteiger charge is 2.31. The summed E-state index contributed by atoms with van der Waals surface area (Å²) in [7, 11) is 0. The van der Waals surface area contributed by atoms with Crippen LogP contribution in [0.3, 0.4) is 0 Å². The first-order valence-electron chi connectivity index (χ1n) is 3.84. The number of H-pyrrole nitrogens is 1. The van der Waals surface area contributed by atoms with Crippen LogP contribution in [0.4, 0.5) is 13.2 Å². The highest BCUT2D eigenvalue weighted by molar-refractivity contribution is 14.1. The van der Waals surface area contributed by atoms with Gasteiger partial charge in [-0.15, -0.1) is 13.2 Å². The molecule has 1 heterocycles. The van der Waals surface area contributed by atoms with Crippen LogP contribution in [-0.2, 0) is 0 Å². The third-order valence-corrected chi connectivity index (χ3v) is 2.51. The highest BCUT2D eigenvalue weighted by atomic mass is 127. The number of aromatic amines is 1. The van der Waals surface area contributed by atoms with Gasteiger partial charge in [0.25, 0.3) is 0 Å². The predicted molar refractivity (Wildman–Crippen MR) is 55.5 cm³/mol. The molecule has 1 aromatic carbocycles. The van der Waals surface area contributed by atoms with E-state index in [2.05, 4.69) is 14.7 Å². The molecule has 1 aromatic heterocycles. The molecule has 80 valence electrons.